The van der Waals surface area contributed by atoms with E-state index in [1.54, 1.807) is 28.9 Å². The number of fused-ring (bicyclic) bond motifs is 3. The highest BCUT2D eigenvalue weighted by molar-refractivity contribution is 7.22. The Bertz CT molecular complexity index is 1580. The molecule has 5 nitrogen and oxygen atoms in total. The number of thiophene rings is 1. The third-order valence-electron chi connectivity index (χ3n) is 5.25. The maximum Gasteiger partial charge on any atom is 0.255 e. The van der Waals surface area contributed by atoms with Gasteiger partial charge in [-0.15, -0.1) is 22.7 Å². The number of carbonyl (C=O) groups excluding carboxylic acids is 1. The molecular formula is C24H16N4OS2. The molecule has 0 radical (unpaired) electrons. The van der Waals surface area contributed by atoms with E-state index in [-0.39, 0.29) is 5.91 Å². The molecule has 31 heavy (non-hydrogen) atoms. The molecule has 150 valence electrons. The van der Waals surface area contributed by atoms with Crippen LogP contribution in [0.3, 0.4) is 0 Å². The van der Waals surface area contributed by atoms with Crippen molar-refractivity contribution in [3.8, 4) is 10.4 Å². The van der Waals surface area contributed by atoms with E-state index in [0.29, 0.717) is 5.56 Å². The molecule has 0 saturated carbocycles. The summed E-state index contributed by atoms with van der Waals surface area (Å²) >= 11 is 3.36. The van der Waals surface area contributed by atoms with Crippen molar-refractivity contribution in [1.82, 2.24) is 15.2 Å². The first-order valence-electron chi connectivity index (χ1n) is 9.79. The van der Waals surface area contributed by atoms with Crippen LogP contribution in [0.15, 0.2) is 66.9 Å². The topological polar surface area (TPSA) is 70.7 Å². The summed E-state index contributed by atoms with van der Waals surface area (Å²) in [6.45, 7) is 1.98. The van der Waals surface area contributed by atoms with Gasteiger partial charge in [0.15, 0.2) is 0 Å². The van der Waals surface area contributed by atoms with Crippen LogP contribution in [0, 0.1) is 6.92 Å². The first-order valence-corrected chi connectivity index (χ1v) is 11.4. The van der Waals surface area contributed by atoms with Gasteiger partial charge in [0.25, 0.3) is 5.91 Å². The van der Waals surface area contributed by atoms with Crippen LogP contribution in [0.2, 0.25) is 0 Å². The van der Waals surface area contributed by atoms with E-state index in [1.807, 2.05) is 49.4 Å². The molecule has 0 bridgehead atoms. The Balaban J connectivity index is 1.41. The van der Waals surface area contributed by atoms with Crippen molar-refractivity contribution in [2.75, 3.05) is 5.32 Å². The summed E-state index contributed by atoms with van der Waals surface area (Å²) in [5.74, 6) is -0.156. The quantitative estimate of drug-likeness (QED) is 0.325. The average Bonchev–Trinajstić information content (AvgIpc) is 3.49. The lowest BCUT2D eigenvalue weighted by Gasteiger charge is -2.08. The number of aromatic nitrogens is 3. The average molecular weight is 441 g/mol. The lowest BCUT2D eigenvalue weighted by molar-refractivity contribution is 0.102. The van der Waals surface area contributed by atoms with E-state index in [0.717, 1.165) is 42.3 Å². The Morgan fingerprint density at radius 2 is 1.87 bits per heavy atom. The summed E-state index contributed by atoms with van der Waals surface area (Å²) in [5.41, 5.74) is 4.14. The van der Waals surface area contributed by atoms with Crippen molar-refractivity contribution in [2.45, 2.75) is 6.92 Å². The second-order valence-corrected chi connectivity index (χ2v) is 9.69. The Hall–Kier alpha value is -3.55. The monoisotopic (exact) mass is 440 g/mol. The van der Waals surface area contributed by atoms with Crippen LogP contribution in [0.4, 0.5) is 5.69 Å². The van der Waals surface area contributed by atoms with Gasteiger partial charge in [-0.05, 0) is 54.8 Å². The Kier molecular flexibility index (Phi) is 4.12. The molecule has 7 heteroatoms. The number of rotatable bonds is 3. The van der Waals surface area contributed by atoms with Crippen molar-refractivity contribution < 1.29 is 4.79 Å². The molecule has 3 aromatic heterocycles. The number of aryl methyl sites for hydroxylation is 1. The van der Waals surface area contributed by atoms with Crippen molar-refractivity contribution >= 4 is 65.5 Å². The summed E-state index contributed by atoms with van der Waals surface area (Å²) in [5, 5.41) is 13.4. The number of carbonyl (C=O) groups is 1. The standard InChI is InChI=1S/C24H16N4OS2/c1-13-26-19-11-17(6-7-21(19)30-13)27-24(29)15-8-16-12-25-28-23(16)18(9-15)22-10-14-4-2-3-5-20(14)31-22/h2-12H,1H3,(H,25,28)(H,27,29). The van der Waals surface area contributed by atoms with Crippen LogP contribution in [-0.4, -0.2) is 21.1 Å². The third-order valence-corrected chi connectivity index (χ3v) is 7.36. The Labute approximate surface area is 185 Å². The summed E-state index contributed by atoms with van der Waals surface area (Å²) < 4.78 is 2.33. The zero-order valence-corrected chi connectivity index (χ0v) is 18.1. The number of aromatic amines is 1. The number of nitrogens with zero attached hydrogens (tertiary/aromatic N) is 2. The largest absolute Gasteiger partial charge is 0.322 e. The van der Waals surface area contributed by atoms with Crippen LogP contribution < -0.4 is 5.32 Å². The van der Waals surface area contributed by atoms with Crippen LogP contribution in [0.1, 0.15) is 15.4 Å². The molecule has 0 fully saturated rings. The molecule has 2 N–H and O–H groups in total. The molecule has 3 aromatic carbocycles. The van der Waals surface area contributed by atoms with Gasteiger partial charge < -0.3 is 5.32 Å². The molecule has 0 aliphatic heterocycles. The van der Waals surface area contributed by atoms with Crippen LogP contribution in [-0.2, 0) is 0 Å². The van der Waals surface area contributed by atoms with Gasteiger partial charge in [0, 0.05) is 31.8 Å². The number of thiazole rings is 1. The molecule has 0 atom stereocenters. The summed E-state index contributed by atoms with van der Waals surface area (Å²) in [7, 11) is 0. The molecule has 0 saturated heterocycles. The van der Waals surface area contributed by atoms with E-state index >= 15 is 0 Å². The predicted octanol–water partition coefficient (Wildman–Crippen LogP) is 6.62. The van der Waals surface area contributed by atoms with Crippen molar-refractivity contribution in [3.63, 3.8) is 0 Å². The van der Waals surface area contributed by atoms with E-state index < -0.39 is 0 Å². The molecule has 0 spiro atoms. The molecule has 0 unspecified atom stereocenters. The van der Waals surface area contributed by atoms with Crippen molar-refractivity contribution in [1.29, 1.82) is 0 Å². The van der Waals surface area contributed by atoms with Crippen molar-refractivity contribution in [2.24, 2.45) is 0 Å². The highest BCUT2D eigenvalue weighted by Gasteiger charge is 2.15. The van der Waals surface area contributed by atoms with Crippen LogP contribution in [0.5, 0.6) is 0 Å². The van der Waals surface area contributed by atoms with Gasteiger partial charge >= 0.3 is 0 Å². The number of hydrogen-bond acceptors (Lipinski definition) is 5. The Morgan fingerprint density at radius 3 is 2.77 bits per heavy atom. The maximum atomic E-state index is 13.1. The van der Waals surface area contributed by atoms with Gasteiger partial charge in [0.1, 0.15) is 0 Å². The SMILES string of the molecule is Cc1nc2cc(NC(=O)c3cc(-c4cc5ccccc5s4)c4[nH]ncc4c3)ccc2s1. The minimum absolute atomic E-state index is 0.156. The molecule has 6 aromatic rings. The number of hydrogen-bond donors (Lipinski definition) is 2. The number of H-pyrrole nitrogens is 1. The fourth-order valence-electron chi connectivity index (χ4n) is 3.82. The lowest BCUT2D eigenvalue weighted by atomic mass is 10.0. The van der Waals surface area contributed by atoms with E-state index in [1.165, 1.54) is 10.1 Å². The number of amides is 1. The molecule has 0 aliphatic rings. The minimum atomic E-state index is -0.156. The maximum absolute atomic E-state index is 13.1. The van der Waals surface area contributed by atoms with Gasteiger partial charge in [-0.25, -0.2) is 4.98 Å². The van der Waals surface area contributed by atoms with Gasteiger partial charge in [-0.1, -0.05) is 18.2 Å². The normalized spacial score (nSPS) is 11.5. The minimum Gasteiger partial charge on any atom is -0.322 e. The summed E-state index contributed by atoms with van der Waals surface area (Å²) in [6, 6.07) is 20.1. The zero-order valence-electron chi connectivity index (χ0n) is 16.5. The lowest BCUT2D eigenvalue weighted by Crippen LogP contribution is -2.12. The summed E-state index contributed by atoms with van der Waals surface area (Å²) in [6.07, 6.45) is 1.76. The fraction of sp³-hybridized carbons (Fsp3) is 0.0417. The highest BCUT2D eigenvalue weighted by Crippen LogP contribution is 2.37. The second-order valence-electron chi connectivity index (χ2n) is 7.38. The number of nitrogens with one attached hydrogen (secondary N) is 2. The van der Waals surface area contributed by atoms with E-state index in [2.05, 4.69) is 38.7 Å². The number of benzene rings is 3. The molecular weight excluding hydrogens is 424 g/mol. The molecule has 6 rings (SSSR count). The smallest absolute Gasteiger partial charge is 0.255 e. The number of anilines is 1. The first kappa shape index (κ1) is 18.2. The third kappa shape index (κ3) is 3.19. The first-order chi connectivity index (χ1) is 15.1. The van der Waals surface area contributed by atoms with Gasteiger partial charge in [-0.2, -0.15) is 5.10 Å². The van der Waals surface area contributed by atoms with E-state index in [9.17, 15) is 4.79 Å². The molecule has 3 heterocycles. The van der Waals surface area contributed by atoms with Crippen molar-refractivity contribution in [3.05, 3.63) is 77.4 Å². The van der Waals surface area contributed by atoms with Crippen LogP contribution >= 0.6 is 22.7 Å². The highest BCUT2D eigenvalue weighted by atomic mass is 32.1. The zero-order chi connectivity index (χ0) is 20.9. The molecule has 1 amide bonds. The predicted molar refractivity (Wildman–Crippen MR) is 129 cm³/mol. The second kappa shape index (κ2) is 7.01. The van der Waals surface area contributed by atoms with Crippen LogP contribution in [0.25, 0.3) is 41.6 Å². The van der Waals surface area contributed by atoms with Gasteiger partial charge in [-0.3, -0.25) is 9.89 Å². The Morgan fingerprint density at radius 1 is 0.968 bits per heavy atom. The van der Waals surface area contributed by atoms with Gasteiger partial charge in [0.05, 0.1) is 26.9 Å². The fourth-order valence-corrected chi connectivity index (χ4v) is 5.71. The summed E-state index contributed by atoms with van der Waals surface area (Å²) in [4.78, 5) is 18.7. The van der Waals surface area contributed by atoms with Gasteiger partial charge in [0.2, 0.25) is 0 Å². The molecule has 0 aliphatic carbocycles. The van der Waals surface area contributed by atoms with E-state index in [4.69, 9.17) is 0 Å².